The van der Waals surface area contributed by atoms with Crippen molar-refractivity contribution in [1.82, 2.24) is 5.32 Å². The zero-order valence-corrected chi connectivity index (χ0v) is 5.31. The molecular weight excluding hydrogens is 120 g/mol. The average Bonchev–Trinajstić information content (AvgIpc) is 1.63. The van der Waals surface area contributed by atoms with Gasteiger partial charge in [0.2, 0.25) is 5.91 Å². The predicted molar refractivity (Wildman–Crippen MR) is 32.6 cm³/mol. The first-order chi connectivity index (χ1) is 4.16. The molecule has 0 aliphatic rings. The van der Waals surface area contributed by atoms with E-state index in [0.717, 1.165) is 6.42 Å². The smallest absolute Gasteiger partial charge is 0.318 e. The van der Waals surface area contributed by atoms with E-state index in [-0.39, 0.29) is 5.91 Å². The third-order valence-electron chi connectivity index (χ3n) is 0.740. The van der Waals surface area contributed by atoms with Crippen LogP contribution in [0.15, 0.2) is 0 Å². The Balaban J connectivity index is 3.39. The molecule has 0 aromatic heterocycles. The van der Waals surface area contributed by atoms with Crippen molar-refractivity contribution in [3.8, 4) is 0 Å². The second-order valence-electron chi connectivity index (χ2n) is 1.66. The van der Waals surface area contributed by atoms with E-state index in [2.05, 4.69) is 5.73 Å². The SMILES string of the molecule is CCCC(=O)NC(N)=O. The zero-order valence-electron chi connectivity index (χ0n) is 5.31. The van der Waals surface area contributed by atoms with E-state index in [1.54, 1.807) is 0 Å². The summed E-state index contributed by atoms with van der Waals surface area (Å²) in [6.45, 7) is 1.85. The Labute approximate surface area is 53.4 Å². The van der Waals surface area contributed by atoms with Gasteiger partial charge in [-0.3, -0.25) is 10.1 Å². The maximum Gasteiger partial charge on any atom is 0.318 e. The molecule has 3 N–H and O–H groups in total. The Morgan fingerprint density at radius 1 is 1.56 bits per heavy atom. The van der Waals surface area contributed by atoms with Crippen LogP contribution >= 0.6 is 0 Å². The number of hydrogen-bond donors (Lipinski definition) is 2. The Kier molecular flexibility index (Phi) is 3.43. The van der Waals surface area contributed by atoms with Gasteiger partial charge in [-0.1, -0.05) is 6.92 Å². The van der Waals surface area contributed by atoms with Crippen molar-refractivity contribution in [3.63, 3.8) is 0 Å². The summed E-state index contributed by atoms with van der Waals surface area (Å²) < 4.78 is 0. The molecular formula is C5H10N2O2. The molecule has 0 saturated carbocycles. The Morgan fingerprint density at radius 3 is 2.44 bits per heavy atom. The fourth-order valence-corrected chi connectivity index (χ4v) is 0.427. The fourth-order valence-electron chi connectivity index (χ4n) is 0.427. The molecule has 52 valence electrons. The van der Waals surface area contributed by atoms with Crippen LogP contribution in [0.1, 0.15) is 19.8 Å². The maximum absolute atomic E-state index is 10.4. The highest BCUT2D eigenvalue weighted by atomic mass is 16.2. The van der Waals surface area contributed by atoms with Crippen molar-refractivity contribution in [2.75, 3.05) is 0 Å². The van der Waals surface area contributed by atoms with E-state index < -0.39 is 6.03 Å². The van der Waals surface area contributed by atoms with Crippen molar-refractivity contribution >= 4 is 11.9 Å². The highest BCUT2D eigenvalue weighted by Gasteiger charge is 1.99. The molecule has 0 heterocycles. The van der Waals surface area contributed by atoms with E-state index in [1.807, 2.05) is 12.2 Å². The van der Waals surface area contributed by atoms with Gasteiger partial charge in [0.15, 0.2) is 0 Å². The number of rotatable bonds is 2. The van der Waals surface area contributed by atoms with Crippen molar-refractivity contribution in [1.29, 1.82) is 0 Å². The van der Waals surface area contributed by atoms with Crippen molar-refractivity contribution < 1.29 is 9.59 Å². The minimum Gasteiger partial charge on any atom is -0.351 e. The van der Waals surface area contributed by atoms with Crippen molar-refractivity contribution in [3.05, 3.63) is 0 Å². The monoisotopic (exact) mass is 130 g/mol. The van der Waals surface area contributed by atoms with E-state index >= 15 is 0 Å². The quantitative estimate of drug-likeness (QED) is 0.551. The van der Waals surface area contributed by atoms with Crippen LogP contribution in [-0.4, -0.2) is 11.9 Å². The highest BCUT2D eigenvalue weighted by Crippen LogP contribution is 1.83. The second-order valence-corrected chi connectivity index (χ2v) is 1.66. The molecule has 9 heavy (non-hydrogen) atoms. The highest BCUT2D eigenvalue weighted by molar-refractivity contribution is 5.93. The van der Waals surface area contributed by atoms with Crippen molar-refractivity contribution in [2.24, 2.45) is 5.73 Å². The number of nitrogens with two attached hydrogens (primary N) is 1. The van der Waals surface area contributed by atoms with Crippen LogP contribution in [0.25, 0.3) is 0 Å². The summed E-state index contributed by atoms with van der Waals surface area (Å²) in [5.41, 5.74) is 4.65. The van der Waals surface area contributed by atoms with E-state index in [4.69, 9.17) is 0 Å². The van der Waals surface area contributed by atoms with Crippen LogP contribution in [0.2, 0.25) is 0 Å². The van der Waals surface area contributed by atoms with E-state index in [9.17, 15) is 9.59 Å². The lowest BCUT2D eigenvalue weighted by Gasteiger charge is -1.95. The molecule has 0 aliphatic carbocycles. The van der Waals surface area contributed by atoms with Gasteiger partial charge in [-0.2, -0.15) is 0 Å². The fraction of sp³-hybridized carbons (Fsp3) is 0.600. The molecule has 0 aliphatic heterocycles. The number of urea groups is 1. The zero-order chi connectivity index (χ0) is 7.28. The van der Waals surface area contributed by atoms with E-state index in [0.29, 0.717) is 6.42 Å². The standard InChI is InChI=1S/C5H10N2O2/c1-2-3-4(8)7-5(6)9/h2-3H2,1H3,(H3,6,7,8,9). The maximum atomic E-state index is 10.4. The van der Waals surface area contributed by atoms with Gasteiger partial charge < -0.3 is 5.73 Å². The normalized spacial score (nSPS) is 8.56. The Hall–Kier alpha value is -1.06. The van der Waals surface area contributed by atoms with Crippen LogP contribution < -0.4 is 11.1 Å². The number of nitrogens with one attached hydrogen (secondary N) is 1. The van der Waals surface area contributed by atoms with Crippen LogP contribution in [0.3, 0.4) is 0 Å². The lowest BCUT2D eigenvalue weighted by Crippen LogP contribution is -2.34. The van der Waals surface area contributed by atoms with Gasteiger partial charge in [-0.25, -0.2) is 4.79 Å². The number of carbonyl (C=O) groups is 2. The molecule has 4 heteroatoms. The third-order valence-corrected chi connectivity index (χ3v) is 0.740. The molecule has 0 unspecified atom stereocenters. The van der Waals surface area contributed by atoms with Gasteiger partial charge >= 0.3 is 6.03 Å². The average molecular weight is 130 g/mol. The number of carbonyl (C=O) groups excluding carboxylic acids is 2. The molecule has 0 radical (unpaired) electrons. The topological polar surface area (TPSA) is 72.2 Å². The van der Waals surface area contributed by atoms with Gasteiger partial charge in [-0.05, 0) is 6.42 Å². The van der Waals surface area contributed by atoms with Crippen LogP contribution in [0.4, 0.5) is 4.79 Å². The first kappa shape index (κ1) is 7.94. The van der Waals surface area contributed by atoms with Crippen LogP contribution in [0.5, 0.6) is 0 Å². The predicted octanol–water partition coefficient (Wildman–Crippen LogP) is -0.0186. The summed E-state index contributed by atoms with van der Waals surface area (Å²) in [5.74, 6) is -0.315. The number of hydrogen-bond acceptors (Lipinski definition) is 2. The van der Waals surface area contributed by atoms with Crippen LogP contribution in [-0.2, 0) is 4.79 Å². The molecule has 0 aromatic rings. The summed E-state index contributed by atoms with van der Waals surface area (Å²) >= 11 is 0. The lowest BCUT2D eigenvalue weighted by molar-refractivity contribution is -0.119. The van der Waals surface area contributed by atoms with Gasteiger partial charge in [-0.15, -0.1) is 0 Å². The first-order valence-corrected chi connectivity index (χ1v) is 2.76. The number of primary amides is 1. The van der Waals surface area contributed by atoms with Crippen molar-refractivity contribution in [2.45, 2.75) is 19.8 Å². The molecule has 0 aromatic carbocycles. The van der Waals surface area contributed by atoms with Crippen LogP contribution in [0, 0.1) is 0 Å². The minimum absolute atomic E-state index is 0.315. The summed E-state index contributed by atoms with van der Waals surface area (Å²) in [6, 6.07) is -0.784. The van der Waals surface area contributed by atoms with Gasteiger partial charge in [0.25, 0.3) is 0 Å². The molecule has 0 atom stereocenters. The molecule has 0 fully saturated rings. The summed E-state index contributed by atoms with van der Waals surface area (Å²) in [6.07, 6.45) is 1.07. The molecule has 4 nitrogen and oxygen atoms in total. The second kappa shape index (κ2) is 3.88. The third kappa shape index (κ3) is 4.80. The summed E-state index contributed by atoms with van der Waals surface area (Å²) in [7, 11) is 0. The first-order valence-electron chi connectivity index (χ1n) is 2.76. The lowest BCUT2D eigenvalue weighted by atomic mass is 10.3. The summed E-state index contributed by atoms with van der Waals surface area (Å²) in [5, 5.41) is 1.94. The minimum atomic E-state index is -0.784. The van der Waals surface area contributed by atoms with Gasteiger partial charge in [0.1, 0.15) is 0 Å². The molecule has 0 spiro atoms. The Bertz CT molecular complexity index is 122. The Morgan fingerprint density at radius 2 is 2.11 bits per heavy atom. The van der Waals surface area contributed by atoms with E-state index in [1.165, 1.54) is 0 Å². The largest absolute Gasteiger partial charge is 0.351 e. The van der Waals surface area contributed by atoms with Gasteiger partial charge in [0, 0.05) is 6.42 Å². The molecule has 0 saturated heterocycles. The molecule has 0 rings (SSSR count). The molecule has 3 amide bonds. The number of imide groups is 1. The summed E-state index contributed by atoms with van der Waals surface area (Å²) in [4.78, 5) is 20.4. The molecule has 0 bridgehead atoms. The van der Waals surface area contributed by atoms with Gasteiger partial charge in [0.05, 0.1) is 0 Å². The number of amides is 3.